The normalized spacial score (nSPS) is 11.7. The second-order valence-corrected chi connectivity index (χ2v) is 4.13. The highest BCUT2D eigenvalue weighted by atomic mass is 14.8. The fraction of sp³-hybridized carbons (Fsp3) is 0.600. The molecule has 0 aliphatic heterocycles. The van der Waals surface area contributed by atoms with Crippen LogP contribution in [-0.4, -0.2) is 16.5 Å². The molecule has 2 N–H and O–H groups in total. The molecule has 0 aliphatic carbocycles. The Kier molecular flexibility index (Phi) is 2.98. The number of nitrogens with zero attached hydrogens (tertiary/aromatic N) is 2. The number of hydrogen-bond donors (Lipinski definition) is 1. The standard InChI is InChI=1S/C10H17N3/c1-8-9(13-5-4-12-8)6-10(2,3)7-11/h4-5H,6-7,11H2,1-3H3. The maximum atomic E-state index is 5.66. The summed E-state index contributed by atoms with van der Waals surface area (Å²) in [5.74, 6) is 0. The van der Waals surface area contributed by atoms with Gasteiger partial charge in [-0.15, -0.1) is 0 Å². The van der Waals surface area contributed by atoms with Gasteiger partial charge in [0.25, 0.3) is 0 Å². The van der Waals surface area contributed by atoms with E-state index >= 15 is 0 Å². The van der Waals surface area contributed by atoms with Crippen LogP contribution in [-0.2, 0) is 6.42 Å². The molecule has 0 radical (unpaired) electrons. The van der Waals surface area contributed by atoms with E-state index in [1.807, 2.05) is 6.92 Å². The van der Waals surface area contributed by atoms with Crippen LogP contribution in [0, 0.1) is 12.3 Å². The Balaban J connectivity index is 2.80. The molecule has 1 aromatic rings. The van der Waals surface area contributed by atoms with Crippen molar-refractivity contribution in [2.45, 2.75) is 27.2 Å². The number of rotatable bonds is 3. The van der Waals surface area contributed by atoms with E-state index in [0.29, 0.717) is 6.54 Å². The molecule has 72 valence electrons. The smallest absolute Gasteiger partial charge is 0.0621 e. The summed E-state index contributed by atoms with van der Waals surface area (Å²) in [7, 11) is 0. The molecular formula is C10H17N3. The second-order valence-electron chi connectivity index (χ2n) is 4.13. The maximum absolute atomic E-state index is 5.66. The van der Waals surface area contributed by atoms with Crippen molar-refractivity contribution in [1.29, 1.82) is 0 Å². The van der Waals surface area contributed by atoms with Crippen molar-refractivity contribution in [3.05, 3.63) is 23.8 Å². The number of hydrogen-bond acceptors (Lipinski definition) is 3. The van der Waals surface area contributed by atoms with Crippen molar-refractivity contribution in [3.63, 3.8) is 0 Å². The molecule has 13 heavy (non-hydrogen) atoms. The Bertz CT molecular complexity index is 281. The van der Waals surface area contributed by atoms with Gasteiger partial charge in [-0.05, 0) is 25.3 Å². The molecule has 0 unspecified atom stereocenters. The van der Waals surface area contributed by atoms with Crippen molar-refractivity contribution >= 4 is 0 Å². The Labute approximate surface area is 79.4 Å². The third-order valence-electron chi connectivity index (χ3n) is 2.18. The van der Waals surface area contributed by atoms with Crippen molar-refractivity contribution in [2.75, 3.05) is 6.54 Å². The van der Waals surface area contributed by atoms with Gasteiger partial charge in [0.05, 0.1) is 11.4 Å². The van der Waals surface area contributed by atoms with Gasteiger partial charge in [-0.2, -0.15) is 0 Å². The lowest BCUT2D eigenvalue weighted by Gasteiger charge is -2.21. The van der Waals surface area contributed by atoms with Crippen LogP contribution in [0.15, 0.2) is 12.4 Å². The van der Waals surface area contributed by atoms with Crippen LogP contribution in [0.3, 0.4) is 0 Å². The summed E-state index contributed by atoms with van der Waals surface area (Å²) in [5.41, 5.74) is 7.83. The largest absolute Gasteiger partial charge is 0.330 e. The lowest BCUT2D eigenvalue weighted by atomic mass is 9.87. The summed E-state index contributed by atoms with van der Waals surface area (Å²) in [4.78, 5) is 8.49. The molecular weight excluding hydrogens is 162 g/mol. The molecule has 0 atom stereocenters. The van der Waals surface area contributed by atoms with Crippen molar-refractivity contribution in [2.24, 2.45) is 11.1 Å². The Morgan fingerprint density at radius 3 is 2.46 bits per heavy atom. The van der Waals surface area contributed by atoms with Gasteiger partial charge < -0.3 is 5.73 Å². The molecule has 1 aromatic heterocycles. The summed E-state index contributed by atoms with van der Waals surface area (Å²) >= 11 is 0. The van der Waals surface area contributed by atoms with E-state index in [1.54, 1.807) is 12.4 Å². The fourth-order valence-corrected chi connectivity index (χ4v) is 1.14. The van der Waals surface area contributed by atoms with E-state index in [2.05, 4.69) is 23.8 Å². The van der Waals surface area contributed by atoms with Gasteiger partial charge in [0.2, 0.25) is 0 Å². The summed E-state index contributed by atoms with van der Waals surface area (Å²) < 4.78 is 0. The van der Waals surface area contributed by atoms with Gasteiger partial charge in [0.1, 0.15) is 0 Å². The van der Waals surface area contributed by atoms with Crippen molar-refractivity contribution in [3.8, 4) is 0 Å². The molecule has 0 aromatic carbocycles. The minimum absolute atomic E-state index is 0.112. The number of nitrogens with two attached hydrogens (primary N) is 1. The molecule has 0 bridgehead atoms. The molecule has 1 heterocycles. The zero-order valence-electron chi connectivity index (χ0n) is 8.54. The highest BCUT2D eigenvalue weighted by Crippen LogP contribution is 2.19. The first-order valence-corrected chi connectivity index (χ1v) is 4.52. The summed E-state index contributed by atoms with van der Waals surface area (Å²) in [6.45, 7) is 6.93. The van der Waals surface area contributed by atoms with E-state index in [-0.39, 0.29) is 5.41 Å². The summed E-state index contributed by atoms with van der Waals surface area (Å²) in [6.07, 6.45) is 4.34. The molecule has 0 amide bonds. The zero-order chi connectivity index (χ0) is 9.90. The minimum atomic E-state index is 0.112. The highest BCUT2D eigenvalue weighted by molar-refractivity contribution is 5.10. The summed E-state index contributed by atoms with van der Waals surface area (Å²) in [6, 6.07) is 0. The Morgan fingerprint density at radius 2 is 1.92 bits per heavy atom. The lowest BCUT2D eigenvalue weighted by molar-refractivity contribution is 0.371. The average molecular weight is 179 g/mol. The van der Waals surface area contributed by atoms with Crippen LogP contribution in [0.25, 0.3) is 0 Å². The van der Waals surface area contributed by atoms with Gasteiger partial charge >= 0.3 is 0 Å². The average Bonchev–Trinajstić information content (AvgIpc) is 2.09. The highest BCUT2D eigenvalue weighted by Gasteiger charge is 2.18. The molecule has 3 heteroatoms. The van der Waals surface area contributed by atoms with Crippen LogP contribution in [0.2, 0.25) is 0 Å². The first-order chi connectivity index (χ1) is 6.05. The molecule has 1 rings (SSSR count). The lowest BCUT2D eigenvalue weighted by Crippen LogP contribution is -2.26. The molecule has 0 saturated carbocycles. The number of aryl methyl sites for hydroxylation is 1. The third-order valence-corrected chi connectivity index (χ3v) is 2.18. The molecule has 3 nitrogen and oxygen atoms in total. The quantitative estimate of drug-likeness (QED) is 0.761. The van der Waals surface area contributed by atoms with Gasteiger partial charge in [-0.1, -0.05) is 13.8 Å². The van der Waals surface area contributed by atoms with Gasteiger partial charge in [0.15, 0.2) is 0 Å². The zero-order valence-corrected chi connectivity index (χ0v) is 8.54. The SMILES string of the molecule is Cc1nccnc1CC(C)(C)CN. The van der Waals surface area contributed by atoms with E-state index in [1.165, 1.54) is 0 Å². The fourth-order valence-electron chi connectivity index (χ4n) is 1.14. The van der Waals surface area contributed by atoms with E-state index in [9.17, 15) is 0 Å². The minimum Gasteiger partial charge on any atom is -0.330 e. The van der Waals surface area contributed by atoms with Gasteiger partial charge in [-0.3, -0.25) is 9.97 Å². The van der Waals surface area contributed by atoms with Gasteiger partial charge in [0, 0.05) is 12.4 Å². The third kappa shape index (κ3) is 2.77. The Hall–Kier alpha value is -0.960. The Morgan fingerprint density at radius 1 is 1.31 bits per heavy atom. The molecule has 0 spiro atoms. The first kappa shape index (κ1) is 10.1. The summed E-state index contributed by atoms with van der Waals surface area (Å²) in [5, 5.41) is 0. The number of aromatic nitrogens is 2. The van der Waals surface area contributed by atoms with Crippen LogP contribution >= 0.6 is 0 Å². The van der Waals surface area contributed by atoms with E-state index in [4.69, 9.17) is 5.73 Å². The van der Waals surface area contributed by atoms with Crippen LogP contribution in [0.5, 0.6) is 0 Å². The van der Waals surface area contributed by atoms with Crippen molar-refractivity contribution in [1.82, 2.24) is 9.97 Å². The molecule has 0 saturated heterocycles. The predicted molar refractivity (Wildman–Crippen MR) is 53.3 cm³/mol. The van der Waals surface area contributed by atoms with Crippen LogP contribution < -0.4 is 5.73 Å². The second kappa shape index (κ2) is 3.83. The predicted octanol–water partition coefficient (Wildman–Crippen LogP) is 1.31. The first-order valence-electron chi connectivity index (χ1n) is 4.52. The topological polar surface area (TPSA) is 51.8 Å². The van der Waals surface area contributed by atoms with Crippen molar-refractivity contribution < 1.29 is 0 Å². The monoisotopic (exact) mass is 179 g/mol. The van der Waals surface area contributed by atoms with Crippen LogP contribution in [0.1, 0.15) is 25.2 Å². The van der Waals surface area contributed by atoms with Gasteiger partial charge in [-0.25, -0.2) is 0 Å². The van der Waals surface area contributed by atoms with Crippen LogP contribution in [0.4, 0.5) is 0 Å². The molecule has 0 aliphatic rings. The van der Waals surface area contributed by atoms with E-state index < -0.39 is 0 Å². The maximum Gasteiger partial charge on any atom is 0.0621 e. The molecule has 0 fully saturated rings. The van der Waals surface area contributed by atoms with E-state index in [0.717, 1.165) is 17.8 Å².